The fraction of sp³-hybridized carbons (Fsp3) is 0. The normalized spacial score (nSPS) is 11.4. The Morgan fingerprint density at radius 1 is 1.20 bits per heavy atom. The fourth-order valence-electron chi connectivity index (χ4n) is 2.30. The number of aromatic hydroxyl groups is 1. The summed E-state index contributed by atoms with van der Waals surface area (Å²) in [5, 5.41) is 10.2. The summed E-state index contributed by atoms with van der Waals surface area (Å²) >= 11 is 0. The lowest BCUT2D eigenvalue weighted by Crippen LogP contribution is -1.85. The summed E-state index contributed by atoms with van der Waals surface area (Å²) < 4.78 is 13.9. The molecule has 0 fully saturated rings. The van der Waals surface area contributed by atoms with Crippen LogP contribution in [0.25, 0.3) is 33.5 Å². The Kier molecular flexibility index (Phi) is 2.09. The number of fused-ring (bicyclic) bond motifs is 3. The molecule has 1 aromatic carbocycles. The number of aromatic nitrogens is 4. The number of hydrogen-bond donors (Lipinski definition) is 3. The van der Waals surface area contributed by atoms with E-state index in [0.717, 1.165) is 22.6 Å². The Balaban J connectivity index is 2.00. The van der Waals surface area contributed by atoms with Crippen molar-refractivity contribution in [1.82, 2.24) is 19.9 Å². The molecule has 98 valence electrons. The van der Waals surface area contributed by atoms with Crippen molar-refractivity contribution < 1.29 is 9.50 Å². The standard InChI is InChI=1S/C14H9FN4O/c15-10-5-7(20)1-2-8(10)14-18-11-6-17-13-9(3-4-16-13)12(11)19-14/h1-6,20H,(H,16,17)(H,18,19). The molecule has 0 atom stereocenters. The highest BCUT2D eigenvalue weighted by Crippen LogP contribution is 2.28. The van der Waals surface area contributed by atoms with E-state index >= 15 is 0 Å². The second kappa shape index (κ2) is 3.80. The number of halogens is 1. The Hall–Kier alpha value is -2.89. The first-order chi connectivity index (χ1) is 9.72. The van der Waals surface area contributed by atoms with Crippen molar-refractivity contribution in [1.29, 1.82) is 0 Å². The van der Waals surface area contributed by atoms with Gasteiger partial charge in [0.05, 0.1) is 17.3 Å². The number of benzene rings is 1. The Morgan fingerprint density at radius 2 is 2.10 bits per heavy atom. The van der Waals surface area contributed by atoms with Gasteiger partial charge in [-0.25, -0.2) is 14.4 Å². The van der Waals surface area contributed by atoms with Crippen LogP contribution in [-0.2, 0) is 0 Å². The van der Waals surface area contributed by atoms with Gasteiger partial charge < -0.3 is 15.1 Å². The second-order valence-corrected chi connectivity index (χ2v) is 4.51. The van der Waals surface area contributed by atoms with Crippen LogP contribution in [0.2, 0.25) is 0 Å². The number of phenols is 1. The molecule has 4 rings (SSSR count). The van der Waals surface area contributed by atoms with Crippen molar-refractivity contribution in [3.05, 3.63) is 42.5 Å². The number of nitrogens with zero attached hydrogens (tertiary/aromatic N) is 2. The molecule has 3 N–H and O–H groups in total. The van der Waals surface area contributed by atoms with Gasteiger partial charge in [0.1, 0.15) is 28.6 Å². The number of nitrogens with one attached hydrogen (secondary N) is 2. The minimum Gasteiger partial charge on any atom is -0.508 e. The van der Waals surface area contributed by atoms with Crippen molar-refractivity contribution in [2.24, 2.45) is 0 Å². The fourth-order valence-corrected chi connectivity index (χ4v) is 2.30. The van der Waals surface area contributed by atoms with E-state index in [1.165, 1.54) is 12.1 Å². The van der Waals surface area contributed by atoms with Crippen LogP contribution in [0.5, 0.6) is 5.75 Å². The van der Waals surface area contributed by atoms with Gasteiger partial charge in [-0.05, 0) is 18.2 Å². The molecule has 0 aliphatic carbocycles. The lowest BCUT2D eigenvalue weighted by molar-refractivity contribution is 0.469. The molecule has 0 spiro atoms. The molecule has 0 unspecified atom stereocenters. The van der Waals surface area contributed by atoms with Crippen LogP contribution >= 0.6 is 0 Å². The van der Waals surface area contributed by atoms with Gasteiger partial charge in [0, 0.05) is 17.6 Å². The highest BCUT2D eigenvalue weighted by molar-refractivity contribution is 6.01. The predicted octanol–water partition coefficient (Wildman–Crippen LogP) is 2.95. The first kappa shape index (κ1) is 11.0. The van der Waals surface area contributed by atoms with Crippen LogP contribution < -0.4 is 0 Å². The molecule has 0 saturated carbocycles. The zero-order valence-corrected chi connectivity index (χ0v) is 10.2. The van der Waals surface area contributed by atoms with Crippen molar-refractivity contribution in [2.75, 3.05) is 0 Å². The molecule has 6 heteroatoms. The zero-order chi connectivity index (χ0) is 13.7. The molecular formula is C14H9FN4O. The summed E-state index contributed by atoms with van der Waals surface area (Å²) in [7, 11) is 0. The predicted molar refractivity (Wildman–Crippen MR) is 72.8 cm³/mol. The number of phenolic OH excluding ortho intramolecular Hbond substituents is 1. The SMILES string of the molecule is Oc1ccc(-c2nc3cnc4[nH]ccc4c3[nH]2)c(F)c1. The van der Waals surface area contributed by atoms with Crippen LogP contribution in [0.1, 0.15) is 0 Å². The second-order valence-electron chi connectivity index (χ2n) is 4.51. The Labute approximate surface area is 112 Å². The highest BCUT2D eigenvalue weighted by Gasteiger charge is 2.13. The molecular weight excluding hydrogens is 259 g/mol. The van der Waals surface area contributed by atoms with Gasteiger partial charge in [-0.2, -0.15) is 0 Å². The lowest BCUT2D eigenvalue weighted by atomic mass is 10.2. The van der Waals surface area contributed by atoms with Gasteiger partial charge in [-0.1, -0.05) is 0 Å². The van der Waals surface area contributed by atoms with Crippen molar-refractivity contribution in [3.63, 3.8) is 0 Å². The molecule has 0 aliphatic heterocycles. The molecule has 3 heterocycles. The van der Waals surface area contributed by atoms with Crippen LogP contribution in [0.4, 0.5) is 4.39 Å². The van der Waals surface area contributed by atoms with E-state index in [2.05, 4.69) is 19.9 Å². The summed E-state index contributed by atoms with van der Waals surface area (Å²) in [6.07, 6.45) is 3.42. The molecule has 0 amide bonds. The molecule has 4 aromatic rings. The third-order valence-electron chi connectivity index (χ3n) is 3.25. The van der Waals surface area contributed by atoms with Crippen LogP contribution in [0.3, 0.4) is 0 Å². The minimum absolute atomic E-state index is 0.114. The van der Waals surface area contributed by atoms with Gasteiger partial charge in [0.15, 0.2) is 0 Å². The maximum atomic E-state index is 13.9. The third-order valence-corrected chi connectivity index (χ3v) is 3.25. The van der Waals surface area contributed by atoms with Gasteiger partial charge in [0.2, 0.25) is 0 Å². The third kappa shape index (κ3) is 1.48. The van der Waals surface area contributed by atoms with Crippen LogP contribution in [0.15, 0.2) is 36.7 Å². The van der Waals surface area contributed by atoms with E-state index < -0.39 is 5.82 Å². The number of rotatable bonds is 1. The largest absolute Gasteiger partial charge is 0.508 e. The monoisotopic (exact) mass is 268 g/mol. The zero-order valence-electron chi connectivity index (χ0n) is 10.2. The van der Waals surface area contributed by atoms with E-state index in [9.17, 15) is 9.50 Å². The van der Waals surface area contributed by atoms with Gasteiger partial charge in [-0.3, -0.25) is 0 Å². The average molecular weight is 268 g/mol. The van der Waals surface area contributed by atoms with E-state index in [4.69, 9.17) is 0 Å². The highest BCUT2D eigenvalue weighted by atomic mass is 19.1. The molecule has 0 radical (unpaired) electrons. The van der Waals surface area contributed by atoms with Gasteiger partial charge in [0.25, 0.3) is 0 Å². The topological polar surface area (TPSA) is 77.6 Å². The molecule has 20 heavy (non-hydrogen) atoms. The average Bonchev–Trinajstić information content (AvgIpc) is 3.03. The van der Waals surface area contributed by atoms with Crippen molar-refractivity contribution in [2.45, 2.75) is 0 Å². The van der Waals surface area contributed by atoms with E-state index in [1.54, 1.807) is 12.4 Å². The molecule has 5 nitrogen and oxygen atoms in total. The number of pyridine rings is 1. The number of H-pyrrole nitrogens is 2. The Bertz CT molecular complexity index is 941. The van der Waals surface area contributed by atoms with Crippen LogP contribution in [0, 0.1) is 5.82 Å². The van der Waals surface area contributed by atoms with Crippen LogP contribution in [-0.4, -0.2) is 25.0 Å². The molecule has 0 aliphatic rings. The van der Waals surface area contributed by atoms with Crippen molar-refractivity contribution in [3.8, 4) is 17.1 Å². The van der Waals surface area contributed by atoms with E-state index in [1.807, 2.05) is 6.07 Å². The first-order valence-electron chi connectivity index (χ1n) is 6.03. The molecule has 3 aromatic heterocycles. The molecule has 0 saturated heterocycles. The maximum Gasteiger partial charge on any atom is 0.141 e. The number of hydrogen-bond acceptors (Lipinski definition) is 3. The summed E-state index contributed by atoms with van der Waals surface area (Å²) in [4.78, 5) is 14.7. The number of imidazole rings is 1. The summed E-state index contributed by atoms with van der Waals surface area (Å²) in [5.41, 5.74) is 2.53. The maximum absolute atomic E-state index is 13.9. The van der Waals surface area contributed by atoms with E-state index in [-0.39, 0.29) is 5.75 Å². The van der Waals surface area contributed by atoms with Gasteiger partial charge in [-0.15, -0.1) is 0 Å². The Morgan fingerprint density at radius 3 is 2.95 bits per heavy atom. The number of aromatic amines is 2. The van der Waals surface area contributed by atoms with Gasteiger partial charge >= 0.3 is 0 Å². The minimum atomic E-state index is -0.526. The molecule has 0 bridgehead atoms. The van der Waals surface area contributed by atoms with E-state index in [0.29, 0.717) is 16.9 Å². The lowest BCUT2D eigenvalue weighted by Gasteiger charge is -1.99. The summed E-state index contributed by atoms with van der Waals surface area (Å²) in [6.45, 7) is 0. The first-order valence-corrected chi connectivity index (χ1v) is 6.03. The summed E-state index contributed by atoms with van der Waals surface area (Å²) in [5.74, 6) is -0.229. The summed E-state index contributed by atoms with van der Waals surface area (Å²) in [6, 6.07) is 5.87. The quantitative estimate of drug-likeness (QED) is 0.496. The smallest absolute Gasteiger partial charge is 0.141 e. The van der Waals surface area contributed by atoms with Crippen molar-refractivity contribution >= 4 is 22.1 Å².